The Morgan fingerprint density at radius 1 is 0.263 bits per heavy atom. The van der Waals surface area contributed by atoms with Crippen LogP contribution >= 0.6 is 0 Å². The van der Waals surface area contributed by atoms with Crippen molar-refractivity contribution in [3.8, 4) is 0 Å². The van der Waals surface area contributed by atoms with Gasteiger partial charge >= 0.3 is 17.9 Å². The maximum absolute atomic E-state index is 12.9. The van der Waals surface area contributed by atoms with Gasteiger partial charge in [0.05, 0.1) is 0 Å². The Kier molecular flexibility index (Phi) is 64.3. The number of rotatable bonds is 61. The van der Waals surface area contributed by atoms with Crippen molar-refractivity contribution in [2.45, 2.75) is 329 Å². The van der Waals surface area contributed by atoms with Crippen LogP contribution in [-0.4, -0.2) is 37.2 Å². The maximum atomic E-state index is 12.9. The normalized spacial score (nSPS) is 12.8. The zero-order chi connectivity index (χ0) is 57.8. The van der Waals surface area contributed by atoms with Crippen molar-refractivity contribution >= 4 is 17.9 Å². The van der Waals surface area contributed by atoms with E-state index < -0.39 is 6.10 Å². The molecule has 1 atom stereocenters. The fourth-order valence-electron chi connectivity index (χ4n) is 9.52. The quantitative estimate of drug-likeness (QED) is 0.0261. The lowest BCUT2D eigenvalue weighted by molar-refractivity contribution is -0.167. The van der Waals surface area contributed by atoms with Gasteiger partial charge in [-0.1, -0.05) is 310 Å². The van der Waals surface area contributed by atoms with Crippen LogP contribution in [0.3, 0.4) is 0 Å². The molecule has 0 rings (SSSR count). The van der Waals surface area contributed by atoms with Gasteiger partial charge in [-0.15, -0.1) is 0 Å². The molecule has 0 bridgehead atoms. The van der Waals surface area contributed by atoms with Crippen molar-refractivity contribution in [2.75, 3.05) is 13.2 Å². The Morgan fingerprint density at radius 2 is 0.487 bits per heavy atom. The second-order valence-electron chi connectivity index (χ2n) is 22.3. The molecule has 0 saturated heterocycles. The third-order valence-electron chi connectivity index (χ3n) is 14.5. The summed E-state index contributed by atoms with van der Waals surface area (Å²) in [7, 11) is 0. The van der Waals surface area contributed by atoms with Gasteiger partial charge in [0.1, 0.15) is 13.2 Å². The van der Waals surface area contributed by atoms with Crippen LogP contribution in [0.5, 0.6) is 0 Å². The maximum Gasteiger partial charge on any atom is 0.306 e. The van der Waals surface area contributed by atoms with Crippen LogP contribution in [0.2, 0.25) is 0 Å². The Hall–Kier alpha value is -3.93. The van der Waals surface area contributed by atoms with Crippen molar-refractivity contribution in [3.05, 3.63) is 109 Å². The van der Waals surface area contributed by atoms with E-state index in [1.165, 1.54) is 167 Å². The first-order valence-corrected chi connectivity index (χ1v) is 33.9. The van der Waals surface area contributed by atoms with Gasteiger partial charge in [0.15, 0.2) is 6.10 Å². The molecule has 1 unspecified atom stereocenters. The number of hydrogen-bond donors (Lipinski definition) is 0. The molecule has 0 amide bonds. The number of carbonyl (C=O) groups is 3. The number of allylic oxidation sites excluding steroid dienone is 18. The Morgan fingerprint density at radius 3 is 0.787 bits per heavy atom. The Bertz CT molecular complexity index is 1610. The third-order valence-corrected chi connectivity index (χ3v) is 14.5. The molecule has 0 aromatic heterocycles. The van der Waals surface area contributed by atoms with E-state index in [2.05, 4.69) is 130 Å². The lowest BCUT2D eigenvalue weighted by Gasteiger charge is -2.18. The van der Waals surface area contributed by atoms with E-state index in [9.17, 15) is 14.4 Å². The van der Waals surface area contributed by atoms with Crippen LogP contribution < -0.4 is 0 Å². The highest BCUT2D eigenvalue weighted by atomic mass is 16.6. The standard InChI is InChI=1S/C74H126O6/c1-4-7-10-13-16-19-22-25-28-30-31-32-33-34-35-36-37-38-39-40-41-42-43-44-47-49-52-55-58-61-64-67-73(76)79-70-71(69-78-72(75)66-63-60-57-54-51-48-45-27-24-21-18-15-12-9-6-3)80-74(77)68-65-62-59-56-53-50-46-29-26-23-20-17-14-11-8-5-2/h7,9-10,12,16,18-19,21,25,27-28,31-32,34-35,45,51,54,71H,4-6,8,11,13-15,17,20,22-24,26,29-30,33,36-44,46-50,52-53,55-70H2,1-3H3/b10-7-,12-9-,19-16-,21-18-,28-25-,32-31-,35-34-,45-27-,54-51-. The average molecular weight is 1110 g/mol. The van der Waals surface area contributed by atoms with Gasteiger partial charge in [-0.05, 0) is 103 Å². The molecule has 6 nitrogen and oxygen atoms in total. The van der Waals surface area contributed by atoms with E-state index in [-0.39, 0.29) is 31.1 Å². The first-order valence-electron chi connectivity index (χ1n) is 33.9. The molecule has 0 heterocycles. The van der Waals surface area contributed by atoms with Crippen molar-refractivity contribution in [3.63, 3.8) is 0 Å². The zero-order valence-electron chi connectivity index (χ0n) is 52.6. The highest BCUT2D eigenvalue weighted by Crippen LogP contribution is 2.17. The van der Waals surface area contributed by atoms with Gasteiger partial charge in [-0.25, -0.2) is 0 Å². The minimum absolute atomic E-state index is 0.0882. The summed E-state index contributed by atoms with van der Waals surface area (Å²) in [6.45, 7) is 6.41. The second kappa shape index (κ2) is 67.6. The summed E-state index contributed by atoms with van der Waals surface area (Å²) in [5.41, 5.74) is 0. The lowest BCUT2D eigenvalue weighted by Crippen LogP contribution is -2.30. The highest BCUT2D eigenvalue weighted by molar-refractivity contribution is 5.71. The molecule has 0 aromatic carbocycles. The van der Waals surface area contributed by atoms with E-state index in [0.29, 0.717) is 19.3 Å². The van der Waals surface area contributed by atoms with Crippen molar-refractivity contribution in [1.29, 1.82) is 0 Å². The predicted octanol–water partition coefficient (Wildman–Crippen LogP) is 23.4. The summed E-state index contributed by atoms with van der Waals surface area (Å²) < 4.78 is 16.9. The second-order valence-corrected chi connectivity index (χ2v) is 22.3. The molecule has 0 aromatic rings. The molecule has 0 aliphatic heterocycles. The molecular formula is C74H126O6. The number of unbranched alkanes of at least 4 members (excludes halogenated alkanes) is 32. The molecule has 0 fully saturated rings. The monoisotopic (exact) mass is 1110 g/mol. The van der Waals surface area contributed by atoms with Crippen LogP contribution in [0.25, 0.3) is 0 Å². The fraction of sp³-hybridized carbons (Fsp3) is 0.716. The molecule has 458 valence electrons. The summed E-state index contributed by atoms with van der Waals surface area (Å²) >= 11 is 0. The number of esters is 3. The Balaban J connectivity index is 4.25. The zero-order valence-corrected chi connectivity index (χ0v) is 52.6. The van der Waals surface area contributed by atoms with E-state index in [4.69, 9.17) is 14.2 Å². The van der Waals surface area contributed by atoms with Gasteiger partial charge in [0.2, 0.25) is 0 Å². The first kappa shape index (κ1) is 76.1. The molecule has 6 heteroatoms. The first-order chi connectivity index (χ1) is 39.5. The van der Waals surface area contributed by atoms with Crippen LogP contribution in [0.15, 0.2) is 109 Å². The van der Waals surface area contributed by atoms with E-state index in [1.54, 1.807) is 0 Å². The molecule has 0 aliphatic rings. The molecule has 0 spiro atoms. The smallest absolute Gasteiger partial charge is 0.306 e. The highest BCUT2D eigenvalue weighted by Gasteiger charge is 2.19. The summed E-state index contributed by atoms with van der Waals surface area (Å²) in [5, 5.41) is 0. The third kappa shape index (κ3) is 64.9. The molecule has 80 heavy (non-hydrogen) atoms. The largest absolute Gasteiger partial charge is 0.462 e. The van der Waals surface area contributed by atoms with Crippen LogP contribution in [-0.2, 0) is 28.6 Å². The molecule has 0 aliphatic carbocycles. The minimum Gasteiger partial charge on any atom is -0.462 e. The summed E-state index contributed by atoms with van der Waals surface area (Å²) in [5.74, 6) is -0.918. The topological polar surface area (TPSA) is 78.9 Å². The molecular weight excluding hydrogens is 985 g/mol. The van der Waals surface area contributed by atoms with Crippen LogP contribution in [0.1, 0.15) is 323 Å². The van der Waals surface area contributed by atoms with Gasteiger partial charge < -0.3 is 14.2 Å². The molecule has 0 N–H and O–H groups in total. The van der Waals surface area contributed by atoms with Gasteiger partial charge in [0.25, 0.3) is 0 Å². The van der Waals surface area contributed by atoms with E-state index >= 15 is 0 Å². The van der Waals surface area contributed by atoms with Crippen molar-refractivity contribution in [1.82, 2.24) is 0 Å². The SMILES string of the molecule is CC/C=C\C/C=C\C/C=C\C/C=C\C/C=C\CCCCCCCCCCCCCCCCCC(=O)OCC(COC(=O)CCCC/C=C\C/C=C\C/C=C\C/C=C\CC)OC(=O)CCCCCCCCCCCCCCCCCC. The predicted molar refractivity (Wildman–Crippen MR) is 348 cm³/mol. The summed E-state index contributed by atoms with van der Waals surface area (Å²) in [6.07, 6.45) is 92.6. The fourth-order valence-corrected chi connectivity index (χ4v) is 9.52. The molecule has 0 radical (unpaired) electrons. The molecule has 0 saturated carbocycles. The van der Waals surface area contributed by atoms with Crippen molar-refractivity contribution in [2.24, 2.45) is 0 Å². The van der Waals surface area contributed by atoms with Gasteiger partial charge in [-0.2, -0.15) is 0 Å². The number of hydrogen-bond acceptors (Lipinski definition) is 6. The van der Waals surface area contributed by atoms with E-state index in [1.807, 2.05) is 0 Å². The van der Waals surface area contributed by atoms with Crippen LogP contribution in [0, 0.1) is 0 Å². The number of ether oxygens (including phenoxy) is 3. The summed E-state index contributed by atoms with van der Waals surface area (Å²) in [4.78, 5) is 38.3. The van der Waals surface area contributed by atoms with Crippen LogP contribution in [0.4, 0.5) is 0 Å². The van der Waals surface area contributed by atoms with E-state index in [0.717, 1.165) is 116 Å². The average Bonchev–Trinajstić information content (AvgIpc) is 3.46. The lowest BCUT2D eigenvalue weighted by atomic mass is 10.0. The van der Waals surface area contributed by atoms with Gasteiger partial charge in [-0.3, -0.25) is 14.4 Å². The summed E-state index contributed by atoms with van der Waals surface area (Å²) in [6, 6.07) is 0. The van der Waals surface area contributed by atoms with Crippen molar-refractivity contribution < 1.29 is 28.6 Å². The Labute approximate surface area is 495 Å². The van der Waals surface area contributed by atoms with Gasteiger partial charge in [0, 0.05) is 19.3 Å². The number of carbonyl (C=O) groups excluding carboxylic acids is 3. The minimum atomic E-state index is -0.794.